The van der Waals surface area contributed by atoms with Crippen LogP contribution in [0.2, 0.25) is 0 Å². The first-order chi connectivity index (χ1) is 10.4. The van der Waals surface area contributed by atoms with Crippen LogP contribution in [0.3, 0.4) is 0 Å². The summed E-state index contributed by atoms with van der Waals surface area (Å²) >= 11 is 1.06. The second-order valence-electron chi connectivity index (χ2n) is 5.34. The normalized spacial score (nSPS) is 12.0. The summed E-state index contributed by atoms with van der Waals surface area (Å²) in [5, 5.41) is 11.5. The maximum absolute atomic E-state index is 11.8. The fourth-order valence-electron chi connectivity index (χ4n) is 1.85. The fraction of sp³-hybridized carbons (Fsp3) is 0.438. The van der Waals surface area contributed by atoms with Gasteiger partial charge in [0.1, 0.15) is 6.04 Å². The summed E-state index contributed by atoms with van der Waals surface area (Å²) in [5.41, 5.74) is 0.594. The summed E-state index contributed by atoms with van der Waals surface area (Å²) in [6.45, 7) is 3.80. The van der Waals surface area contributed by atoms with Gasteiger partial charge in [0, 0.05) is 17.7 Å². The van der Waals surface area contributed by atoms with Gasteiger partial charge in [0.2, 0.25) is 11.0 Å². The summed E-state index contributed by atoms with van der Waals surface area (Å²) in [4.78, 5) is 34.7. The molecule has 0 fully saturated rings. The molecule has 5 nitrogen and oxygen atoms in total. The Labute approximate surface area is 134 Å². The molecule has 1 atom stereocenters. The molecule has 22 heavy (non-hydrogen) atoms. The van der Waals surface area contributed by atoms with E-state index in [1.807, 2.05) is 19.9 Å². The third-order valence-corrected chi connectivity index (χ3v) is 3.82. The number of hydrogen-bond acceptors (Lipinski definition) is 4. The Hall–Kier alpha value is -1.82. The molecule has 0 bridgehead atoms. The second-order valence-corrected chi connectivity index (χ2v) is 6.41. The van der Waals surface area contributed by atoms with Crippen molar-refractivity contribution < 1.29 is 19.5 Å². The lowest BCUT2D eigenvalue weighted by molar-refractivity contribution is -0.142. The number of carbonyl (C=O) groups excluding carboxylic acids is 2. The van der Waals surface area contributed by atoms with Crippen LogP contribution in [0.15, 0.2) is 30.3 Å². The van der Waals surface area contributed by atoms with Crippen LogP contribution in [-0.4, -0.2) is 33.9 Å². The van der Waals surface area contributed by atoms with Crippen molar-refractivity contribution in [1.29, 1.82) is 0 Å². The van der Waals surface area contributed by atoms with Gasteiger partial charge in [-0.15, -0.1) is 0 Å². The van der Waals surface area contributed by atoms with Crippen molar-refractivity contribution in [3.8, 4) is 0 Å². The molecule has 6 heteroatoms. The molecule has 0 heterocycles. The number of benzene rings is 1. The van der Waals surface area contributed by atoms with Gasteiger partial charge in [0.15, 0.2) is 0 Å². The molecule has 0 saturated heterocycles. The van der Waals surface area contributed by atoms with Crippen LogP contribution < -0.4 is 5.32 Å². The number of aliphatic carboxylic acids is 1. The minimum Gasteiger partial charge on any atom is -0.480 e. The van der Waals surface area contributed by atoms with Crippen molar-refractivity contribution >= 4 is 28.8 Å². The molecule has 1 rings (SSSR count). The van der Waals surface area contributed by atoms with E-state index in [0.29, 0.717) is 17.7 Å². The Balaban J connectivity index is 2.36. The smallest absolute Gasteiger partial charge is 0.326 e. The minimum atomic E-state index is -1.03. The molecular weight excluding hydrogens is 302 g/mol. The topological polar surface area (TPSA) is 83.5 Å². The molecule has 0 aliphatic carbocycles. The van der Waals surface area contributed by atoms with Crippen molar-refractivity contribution in [1.82, 2.24) is 5.32 Å². The van der Waals surface area contributed by atoms with Crippen LogP contribution in [0.1, 0.15) is 37.0 Å². The van der Waals surface area contributed by atoms with E-state index in [9.17, 15) is 14.4 Å². The Morgan fingerprint density at radius 2 is 1.82 bits per heavy atom. The van der Waals surface area contributed by atoms with Crippen molar-refractivity contribution in [3.63, 3.8) is 0 Å². The zero-order valence-corrected chi connectivity index (χ0v) is 13.6. The molecule has 0 radical (unpaired) electrons. The minimum absolute atomic E-state index is 0.0923. The number of nitrogens with one attached hydrogen (secondary N) is 1. The highest BCUT2D eigenvalue weighted by Crippen LogP contribution is 2.13. The Kier molecular flexibility index (Phi) is 7.66. The van der Waals surface area contributed by atoms with Crippen LogP contribution >= 0.6 is 11.8 Å². The first kappa shape index (κ1) is 18.2. The van der Waals surface area contributed by atoms with Crippen LogP contribution in [0.4, 0.5) is 0 Å². The summed E-state index contributed by atoms with van der Waals surface area (Å²) < 4.78 is 0. The van der Waals surface area contributed by atoms with E-state index in [1.165, 1.54) is 0 Å². The van der Waals surface area contributed by atoms with Gasteiger partial charge in [0.05, 0.1) is 0 Å². The van der Waals surface area contributed by atoms with Crippen molar-refractivity contribution in [2.75, 3.05) is 5.75 Å². The van der Waals surface area contributed by atoms with Gasteiger partial charge >= 0.3 is 5.97 Å². The highest BCUT2D eigenvalue weighted by molar-refractivity contribution is 8.14. The molecule has 0 saturated carbocycles. The van der Waals surface area contributed by atoms with Crippen molar-refractivity contribution in [3.05, 3.63) is 35.9 Å². The predicted molar refractivity (Wildman–Crippen MR) is 86.9 cm³/mol. The number of amides is 1. The largest absolute Gasteiger partial charge is 0.480 e. The molecule has 0 spiro atoms. The SMILES string of the molecule is CC(C)C[C@H](NC(=O)CCSC(=O)c1ccccc1)C(=O)O. The zero-order chi connectivity index (χ0) is 16.5. The van der Waals surface area contributed by atoms with Gasteiger partial charge in [-0.25, -0.2) is 4.79 Å². The maximum Gasteiger partial charge on any atom is 0.326 e. The molecule has 0 unspecified atom stereocenters. The lowest BCUT2D eigenvalue weighted by atomic mass is 10.0. The average molecular weight is 323 g/mol. The first-order valence-corrected chi connectivity index (χ1v) is 8.13. The standard InChI is InChI=1S/C16H21NO4S/c1-11(2)10-13(15(19)20)17-14(18)8-9-22-16(21)12-6-4-3-5-7-12/h3-7,11,13H,8-10H2,1-2H3,(H,17,18)(H,19,20)/t13-/m0/s1. The molecular formula is C16H21NO4S. The Morgan fingerprint density at radius 1 is 1.18 bits per heavy atom. The van der Waals surface area contributed by atoms with Crippen molar-refractivity contribution in [2.24, 2.45) is 5.92 Å². The Morgan fingerprint density at radius 3 is 2.36 bits per heavy atom. The van der Waals surface area contributed by atoms with Gasteiger partial charge in [-0.2, -0.15) is 0 Å². The molecule has 0 aliphatic rings. The lowest BCUT2D eigenvalue weighted by Crippen LogP contribution is -2.41. The summed E-state index contributed by atoms with van der Waals surface area (Å²) in [5.74, 6) is -0.875. The van der Waals surface area contributed by atoms with E-state index >= 15 is 0 Å². The van der Waals surface area contributed by atoms with Crippen LogP contribution in [0.5, 0.6) is 0 Å². The summed E-state index contributed by atoms with van der Waals surface area (Å²) in [7, 11) is 0. The number of carboxylic acids is 1. The average Bonchev–Trinajstić information content (AvgIpc) is 2.46. The molecule has 1 aromatic rings. The monoisotopic (exact) mass is 323 g/mol. The third kappa shape index (κ3) is 6.76. The van der Waals surface area contributed by atoms with E-state index in [2.05, 4.69) is 5.32 Å². The molecule has 1 aromatic carbocycles. The van der Waals surface area contributed by atoms with E-state index in [0.717, 1.165) is 11.8 Å². The molecule has 0 aromatic heterocycles. The molecule has 0 aliphatic heterocycles. The summed E-state index contributed by atoms with van der Waals surface area (Å²) in [6.07, 6.45) is 0.502. The van der Waals surface area contributed by atoms with Gasteiger partial charge in [0.25, 0.3) is 0 Å². The maximum atomic E-state index is 11.8. The molecule has 1 amide bonds. The predicted octanol–water partition coefficient (Wildman–Crippen LogP) is 2.57. The lowest BCUT2D eigenvalue weighted by Gasteiger charge is -2.16. The Bertz CT molecular complexity index is 516. The quantitative estimate of drug-likeness (QED) is 0.768. The summed E-state index contributed by atoms with van der Waals surface area (Å²) in [6, 6.07) is 7.96. The first-order valence-electron chi connectivity index (χ1n) is 7.14. The van der Waals surface area contributed by atoms with Gasteiger partial charge < -0.3 is 10.4 Å². The number of rotatable bonds is 8. The fourth-order valence-corrected chi connectivity index (χ4v) is 2.63. The van der Waals surface area contributed by atoms with Crippen LogP contribution in [0.25, 0.3) is 0 Å². The van der Waals surface area contributed by atoms with E-state index in [4.69, 9.17) is 5.11 Å². The van der Waals surface area contributed by atoms with Gasteiger partial charge in [-0.05, 0) is 12.3 Å². The number of thioether (sulfide) groups is 1. The zero-order valence-electron chi connectivity index (χ0n) is 12.7. The number of carbonyl (C=O) groups is 3. The van der Waals surface area contributed by atoms with Gasteiger partial charge in [-0.3, -0.25) is 9.59 Å². The number of carboxylic acid groups (broad SMARTS) is 1. The molecule has 120 valence electrons. The second kappa shape index (κ2) is 9.25. The van der Waals surface area contributed by atoms with Crippen molar-refractivity contribution in [2.45, 2.75) is 32.7 Å². The van der Waals surface area contributed by atoms with E-state index in [1.54, 1.807) is 24.3 Å². The number of hydrogen-bond donors (Lipinski definition) is 2. The van der Waals surface area contributed by atoms with Gasteiger partial charge in [-0.1, -0.05) is 55.9 Å². The van der Waals surface area contributed by atoms with Crippen LogP contribution in [-0.2, 0) is 9.59 Å². The van der Waals surface area contributed by atoms with Crippen LogP contribution in [0, 0.1) is 5.92 Å². The third-order valence-electron chi connectivity index (χ3n) is 2.91. The van der Waals surface area contributed by atoms with E-state index in [-0.39, 0.29) is 23.4 Å². The molecule has 2 N–H and O–H groups in total. The highest BCUT2D eigenvalue weighted by Gasteiger charge is 2.20. The van der Waals surface area contributed by atoms with E-state index < -0.39 is 12.0 Å². The highest BCUT2D eigenvalue weighted by atomic mass is 32.2.